The first kappa shape index (κ1) is 19.7. The zero-order valence-electron chi connectivity index (χ0n) is 14.8. The zero-order valence-corrected chi connectivity index (χ0v) is 14.8. The van der Waals surface area contributed by atoms with Crippen LogP contribution in [0.3, 0.4) is 0 Å². The van der Waals surface area contributed by atoms with Gasteiger partial charge in [-0.05, 0) is 46.7 Å². The van der Waals surface area contributed by atoms with Crippen molar-refractivity contribution in [3.05, 3.63) is 23.8 Å². The molecule has 2 aliphatic rings. The highest BCUT2D eigenvalue weighted by atomic mass is 19.4. The fraction of sp³-hybridized carbons (Fsp3) is 0.667. The number of allylic oxidation sites excluding steroid dienone is 2. The number of piperidine rings is 1. The van der Waals surface area contributed by atoms with Crippen LogP contribution in [0.2, 0.25) is 0 Å². The summed E-state index contributed by atoms with van der Waals surface area (Å²) in [6, 6.07) is 0. The molecule has 4 nitrogen and oxygen atoms in total. The highest BCUT2D eigenvalue weighted by Crippen LogP contribution is 2.36. The second-order valence-corrected chi connectivity index (χ2v) is 7.53. The Morgan fingerprint density at radius 3 is 2.24 bits per heavy atom. The van der Waals surface area contributed by atoms with Crippen molar-refractivity contribution in [2.24, 2.45) is 0 Å². The Morgan fingerprint density at radius 2 is 1.72 bits per heavy atom. The molecule has 0 aromatic heterocycles. The topological polar surface area (TPSA) is 46.6 Å². The monoisotopic (exact) mass is 359 g/mol. The quantitative estimate of drug-likeness (QED) is 0.723. The van der Waals surface area contributed by atoms with Crippen LogP contribution in [-0.2, 0) is 14.3 Å². The van der Waals surface area contributed by atoms with Crippen LogP contribution < -0.4 is 0 Å². The lowest BCUT2D eigenvalue weighted by Gasteiger charge is -2.44. The summed E-state index contributed by atoms with van der Waals surface area (Å²) in [6.07, 6.45) is 1.50. The average Bonchev–Trinajstić information content (AvgIpc) is 2.52. The minimum atomic E-state index is -4.96. The average molecular weight is 359 g/mol. The summed E-state index contributed by atoms with van der Waals surface area (Å²) in [7, 11) is 0. The van der Waals surface area contributed by atoms with E-state index in [1.54, 1.807) is 26.8 Å². The van der Waals surface area contributed by atoms with E-state index in [0.29, 0.717) is 13.1 Å². The molecule has 0 bridgehead atoms. The molecule has 0 saturated carbocycles. The van der Waals surface area contributed by atoms with Gasteiger partial charge in [0.05, 0.1) is 0 Å². The summed E-state index contributed by atoms with van der Waals surface area (Å²) in [5.41, 5.74) is -2.55. The summed E-state index contributed by atoms with van der Waals surface area (Å²) in [4.78, 5) is 26.5. The maximum atomic E-state index is 12.9. The number of hydrogen-bond donors (Lipinski definition) is 0. The van der Waals surface area contributed by atoms with E-state index in [9.17, 15) is 22.8 Å². The molecule has 0 N–H and O–H groups in total. The molecule has 1 fully saturated rings. The molecule has 0 aromatic carbocycles. The number of ether oxygens (including phenoxy) is 1. The third kappa shape index (κ3) is 4.51. The largest absolute Gasteiger partial charge is 0.458 e. The van der Waals surface area contributed by atoms with Crippen LogP contribution in [0.15, 0.2) is 23.8 Å². The van der Waals surface area contributed by atoms with Gasteiger partial charge in [-0.25, -0.2) is 4.79 Å². The molecule has 0 spiro atoms. The molecular formula is C18H24F3NO3. The maximum Gasteiger partial charge on any atom is 0.454 e. The van der Waals surface area contributed by atoms with E-state index in [1.807, 2.05) is 4.90 Å². The van der Waals surface area contributed by atoms with Gasteiger partial charge in [0, 0.05) is 12.0 Å². The highest BCUT2D eigenvalue weighted by molar-refractivity contribution is 6.01. The number of rotatable bonds is 3. The number of Topliss-reactive ketones (excluding diaryl/α,β-unsaturated/α-hetero) is 1. The molecular weight excluding hydrogens is 335 g/mol. The standard InChI is InChI=1S/C18H24F3NO3/c1-16(2,3)25-15(24)17(22-10-5-4-6-11-22)9-7-8-13(12-17)14(23)18(19,20)21/h7-9H,4-6,10-12H2,1-3H3. The lowest BCUT2D eigenvalue weighted by molar-refractivity contribution is -0.170. The van der Waals surface area contributed by atoms with Crippen LogP contribution in [0, 0.1) is 0 Å². The SMILES string of the molecule is CC(C)(C)OC(=O)C1(N2CCCCC2)C=CC=C(C(=O)C(F)(F)F)C1. The van der Waals surface area contributed by atoms with E-state index in [1.165, 1.54) is 6.08 Å². The van der Waals surface area contributed by atoms with E-state index in [4.69, 9.17) is 4.74 Å². The number of likely N-dealkylation sites (tertiary alicyclic amines) is 1. The van der Waals surface area contributed by atoms with Gasteiger partial charge in [-0.1, -0.05) is 24.6 Å². The van der Waals surface area contributed by atoms with Crippen LogP contribution in [0.25, 0.3) is 0 Å². The molecule has 0 radical (unpaired) electrons. The van der Waals surface area contributed by atoms with Crippen molar-refractivity contribution in [3.8, 4) is 0 Å². The van der Waals surface area contributed by atoms with Crippen LogP contribution in [0.1, 0.15) is 46.5 Å². The fourth-order valence-electron chi connectivity index (χ4n) is 3.22. The molecule has 0 aromatic rings. The van der Waals surface area contributed by atoms with Gasteiger partial charge in [0.2, 0.25) is 0 Å². The van der Waals surface area contributed by atoms with Gasteiger partial charge < -0.3 is 4.74 Å². The molecule has 1 unspecified atom stereocenters. The predicted molar refractivity (Wildman–Crippen MR) is 86.9 cm³/mol. The summed E-state index contributed by atoms with van der Waals surface area (Å²) < 4.78 is 44.1. The Morgan fingerprint density at radius 1 is 1.12 bits per heavy atom. The minimum Gasteiger partial charge on any atom is -0.458 e. The molecule has 1 heterocycles. The van der Waals surface area contributed by atoms with Gasteiger partial charge >= 0.3 is 12.1 Å². The minimum absolute atomic E-state index is 0.323. The Labute approximate surface area is 145 Å². The smallest absolute Gasteiger partial charge is 0.454 e. The molecule has 0 amide bonds. The number of ketones is 1. The Balaban J connectivity index is 2.36. The van der Waals surface area contributed by atoms with E-state index >= 15 is 0 Å². The number of hydrogen-bond acceptors (Lipinski definition) is 4. The number of halogens is 3. The summed E-state index contributed by atoms with van der Waals surface area (Å²) >= 11 is 0. The summed E-state index contributed by atoms with van der Waals surface area (Å²) in [5.74, 6) is -2.51. The van der Waals surface area contributed by atoms with Gasteiger partial charge in [0.25, 0.3) is 5.78 Å². The summed E-state index contributed by atoms with van der Waals surface area (Å²) in [5, 5.41) is 0. The van der Waals surface area contributed by atoms with Crippen molar-refractivity contribution in [2.75, 3.05) is 13.1 Å². The molecule has 1 aliphatic carbocycles. The van der Waals surface area contributed by atoms with Crippen molar-refractivity contribution in [2.45, 2.75) is 63.8 Å². The van der Waals surface area contributed by atoms with Crippen molar-refractivity contribution >= 4 is 11.8 Å². The Kier molecular flexibility index (Phi) is 5.47. The molecule has 25 heavy (non-hydrogen) atoms. The van der Waals surface area contributed by atoms with Gasteiger partial charge in [-0.2, -0.15) is 13.2 Å². The predicted octanol–water partition coefficient (Wildman–Crippen LogP) is 3.57. The summed E-state index contributed by atoms with van der Waals surface area (Å²) in [6.45, 7) is 6.28. The Bertz CT molecular complexity index is 596. The lowest BCUT2D eigenvalue weighted by Crippen LogP contribution is -2.58. The molecule has 140 valence electrons. The number of carbonyl (C=O) groups excluding carboxylic acids is 2. The van der Waals surface area contributed by atoms with E-state index in [-0.39, 0.29) is 6.42 Å². The van der Waals surface area contributed by atoms with Crippen LogP contribution >= 0.6 is 0 Å². The molecule has 1 aliphatic heterocycles. The van der Waals surface area contributed by atoms with Crippen molar-refractivity contribution in [1.82, 2.24) is 4.90 Å². The first-order chi connectivity index (χ1) is 11.5. The second-order valence-electron chi connectivity index (χ2n) is 7.53. The molecule has 2 rings (SSSR count). The van der Waals surface area contributed by atoms with Crippen molar-refractivity contribution in [3.63, 3.8) is 0 Å². The van der Waals surface area contributed by atoms with Crippen LogP contribution in [-0.4, -0.2) is 47.1 Å². The molecule has 1 saturated heterocycles. The van der Waals surface area contributed by atoms with Gasteiger partial charge in [-0.15, -0.1) is 0 Å². The first-order valence-electron chi connectivity index (χ1n) is 8.44. The number of nitrogens with zero attached hydrogens (tertiary/aromatic N) is 1. The van der Waals surface area contributed by atoms with Gasteiger partial charge in [-0.3, -0.25) is 9.69 Å². The van der Waals surface area contributed by atoms with Gasteiger partial charge in [0.1, 0.15) is 11.1 Å². The fourth-order valence-corrected chi connectivity index (χ4v) is 3.22. The molecule has 1 atom stereocenters. The Hall–Kier alpha value is -1.63. The number of alkyl halides is 3. The van der Waals surface area contributed by atoms with Crippen molar-refractivity contribution in [1.29, 1.82) is 0 Å². The second kappa shape index (κ2) is 6.94. The van der Waals surface area contributed by atoms with E-state index < -0.39 is 34.6 Å². The first-order valence-corrected chi connectivity index (χ1v) is 8.44. The lowest BCUT2D eigenvalue weighted by atomic mass is 9.82. The van der Waals surface area contributed by atoms with Gasteiger partial charge in [0.15, 0.2) is 0 Å². The third-order valence-electron chi connectivity index (χ3n) is 4.35. The maximum absolute atomic E-state index is 12.9. The van der Waals surface area contributed by atoms with Crippen molar-refractivity contribution < 1.29 is 27.5 Å². The third-order valence-corrected chi connectivity index (χ3v) is 4.35. The van der Waals surface area contributed by atoms with Crippen LogP contribution in [0.4, 0.5) is 13.2 Å². The number of esters is 1. The van der Waals surface area contributed by atoms with E-state index in [0.717, 1.165) is 25.3 Å². The number of carbonyl (C=O) groups is 2. The normalized spacial score (nSPS) is 25.4. The highest BCUT2D eigenvalue weighted by Gasteiger charge is 2.50. The molecule has 7 heteroatoms. The van der Waals surface area contributed by atoms with E-state index in [2.05, 4.69) is 0 Å². The zero-order chi connectivity index (χ0) is 18.9. The van der Waals surface area contributed by atoms with Crippen LogP contribution in [0.5, 0.6) is 0 Å².